The molecule has 4 heteroatoms. The van der Waals surface area contributed by atoms with E-state index in [4.69, 9.17) is 4.74 Å². The van der Waals surface area contributed by atoms with Crippen LogP contribution in [0.25, 0.3) is 0 Å². The maximum absolute atomic E-state index is 5.98. The third-order valence-corrected chi connectivity index (χ3v) is 3.16. The van der Waals surface area contributed by atoms with Gasteiger partial charge in [0.05, 0.1) is 5.56 Å². The summed E-state index contributed by atoms with van der Waals surface area (Å²) in [5.41, 5.74) is 2.02. The SMILES string of the molecule is CCCc1nc(NC)c(C)c(Oc2ccccc2C)n1. The quantitative estimate of drug-likeness (QED) is 0.896. The number of para-hydroxylation sites is 1. The van der Waals surface area contributed by atoms with Gasteiger partial charge in [0.15, 0.2) is 0 Å². The standard InChI is InChI=1S/C16H21N3O/c1-5-8-14-18-15(17-4)12(3)16(19-14)20-13-10-7-6-9-11(13)2/h6-7,9-10H,5,8H2,1-4H3,(H,17,18,19). The molecule has 0 saturated carbocycles. The largest absolute Gasteiger partial charge is 0.438 e. The zero-order chi connectivity index (χ0) is 14.5. The van der Waals surface area contributed by atoms with Crippen LogP contribution in [-0.2, 0) is 6.42 Å². The molecule has 4 nitrogen and oxygen atoms in total. The molecule has 0 saturated heterocycles. The maximum atomic E-state index is 5.98. The molecule has 0 bridgehead atoms. The van der Waals surface area contributed by atoms with E-state index < -0.39 is 0 Å². The van der Waals surface area contributed by atoms with Crippen LogP contribution in [0.3, 0.4) is 0 Å². The van der Waals surface area contributed by atoms with Crippen molar-refractivity contribution in [3.63, 3.8) is 0 Å². The van der Waals surface area contributed by atoms with Gasteiger partial charge >= 0.3 is 0 Å². The molecule has 20 heavy (non-hydrogen) atoms. The van der Waals surface area contributed by atoms with Gasteiger partial charge in [0, 0.05) is 13.5 Å². The maximum Gasteiger partial charge on any atom is 0.227 e. The summed E-state index contributed by atoms with van der Waals surface area (Å²) in [5.74, 6) is 3.10. The van der Waals surface area contributed by atoms with Crippen molar-refractivity contribution in [2.24, 2.45) is 0 Å². The lowest BCUT2D eigenvalue weighted by Crippen LogP contribution is -2.05. The summed E-state index contributed by atoms with van der Waals surface area (Å²) in [6.07, 6.45) is 1.86. The lowest BCUT2D eigenvalue weighted by molar-refractivity contribution is 0.451. The van der Waals surface area contributed by atoms with Gasteiger partial charge in [-0.3, -0.25) is 0 Å². The number of hydrogen-bond donors (Lipinski definition) is 1. The average molecular weight is 271 g/mol. The van der Waals surface area contributed by atoms with Gasteiger partial charge in [0.1, 0.15) is 17.4 Å². The molecular formula is C16H21N3O. The molecule has 0 atom stereocenters. The molecule has 0 aliphatic heterocycles. The molecule has 0 aliphatic carbocycles. The number of nitrogens with one attached hydrogen (secondary N) is 1. The molecule has 0 spiro atoms. The van der Waals surface area contributed by atoms with E-state index in [1.165, 1.54) is 0 Å². The molecule has 1 N–H and O–H groups in total. The van der Waals surface area contributed by atoms with Gasteiger partial charge in [-0.25, -0.2) is 4.98 Å². The molecule has 0 aliphatic rings. The van der Waals surface area contributed by atoms with Crippen molar-refractivity contribution in [2.45, 2.75) is 33.6 Å². The second-order valence-electron chi connectivity index (χ2n) is 4.79. The summed E-state index contributed by atoms with van der Waals surface area (Å²) in [7, 11) is 1.86. The van der Waals surface area contributed by atoms with Crippen LogP contribution in [0.4, 0.5) is 5.82 Å². The molecule has 0 fully saturated rings. The smallest absolute Gasteiger partial charge is 0.227 e. The number of nitrogens with zero attached hydrogens (tertiary/aromatic N) is 2. The number of aryl methyl sites for hydroxylation is 2. The van der Waals surface area contributed by atoms with Crippen LogP contribution in [0.1, 0.15) is 30.3 Å². The Morgan fingerprint density at radius 1 is 1.15 bits per heavy atom. The minimum Gasteiger partial charge on any atom is -0.438 e. The highest BCUT2D eigenvalue weighted by Crippen LogP contribution is 2.28. The number of aromatic nitrogens is 2. The van der Waals surface area contributed by atoms with Crippen LogP contribution >= 0.6 is 0 Å². The summed E-state index contributed by atoms with van der Waals surface area (Å²) in [6, 6.07) is 7.94. The van der Waals surface area contributed by atoms with Gasteiger partial charge in [-0.15, -0.1) is 0 Å². The fourth-order valence-corrected chi connectivity index (χ4v) is 1.99. The molecule has 0 unspecified atom stereocenters. The molecule has 2 aromatic rings. The second kappa shape index (κ2) is 6.37. The first kappa shape index (κ1) is 14.3. The van der Waals surface area contributed by atoms with E-state index >= 15 is 0 Å². The number of ether oxygens (including phenoxy) is 1. The van der Waals surface area contributed by atoms with Gasteiger partial charge in [-0.05, 0) is 31.9 Å². The highest BCUT2D eigenvalue weighted by atomic mass is 16.5. The average Bonchev–Trinajstić information content (AvgIpc) is 2.45. The molecule has 1 aromatic heterocycles. The number of hydrogen-bond acceptors (Lipinski definition) is 4. The Bertz CT molecular complexity index is 596. The summed E-state index contributed by atoms with van der Waals surface area (Å²) in [6.45, 7) is 6.11. The summed E-state index contributed by atoms with van der Waals surface area (Å²) in [4.78, 5) is 9.04. The van der Waals surface area contributed by atoms with E-state index in [-0.39, 0.29) is 0 Å². The van der Waals surface area contributed by atoms with Gasteiger partial charge in [0.25, 0.3) is 0 Å². The molecule has 1 heterocycles. The Hall–Kier alpha value is -2.10. The van der Waals surface area contributed by atoms with E-state index in [2.05, 4.69) is 22.2 Å². The minimum absolute atomic E-state index is 0.627. The monoisotopic (exact) mass is 271 g/mol. The van der Waals surface area contributed by atoms with Crippen molar-refractivity contribution in [3.05, 3.63) is 41.2 Å². The Balaban J connectivity index is 2.39. The predicted octanol–water partition coefficient (Wildman–Crippen LogP) is 3.88. The third kappa shape index (κ3) is 3.07. The first-order chi connectivity index (χ1) is 9.65. The van der Waals surface area contributed by atoms with Crippen LogP contribution in [0.5, 0.6) is 11.6 Å². The van der Waals surface area contributed by atoms with Crippen LogP contribution in [0.2, 0.25) is 0 Å². The molecule has 1 aromatic carbocycles. The second-order valence-corrected chi connectivity index (χ2v) is 4.79. The Morgan fingerprint density at radius 3 is 2.55 bits per heavy atom. The molecular weight excluding hydrogens is 250 g/mol. The van der Waals surface area contributed by atoms with E-state index in [9.17, 15) is 0 Å². The van der Waals surface area contributed by atoms with Gasteiger partial charge in [-0.2, -0.15) is 4.98 Å². The van der Waals surface area contributed by atoms with Gasteiger partial charge in [0.2, 0.25) is 5.88 Å². The van der Waals surface area contributed by atoms with Crippen molar-refractivity contribution in [1.29, 1.82) is 0 Å². The molecule has 2 rings (SSSR count). The van der Waals surface area contributed by atoms with Crippen molar-refractivity contribution >= 4 is 5.82 Å². The van der Waals surface area contributed by atoms with E-state index in [1.807, 2.05) is 45.2 Å². The zero-order valence-electron chi connectivity index (χ0n) is 12.5. The molecule has 0 amide bonds. The lowest BCUT2D eigenvalue weighted by Gasteiger charge is -2.13. The van der Waals surface area contributed by atoms with E-state index in [1.54, 1.807) is 0 Å². The Morgan fingerprint density at radius 2 is 1.90 bits per heavy atom. The highest BCUT2D eigenvalue weighted by molar-refractivity contribution is 5.49. The summed E-state index contributed by atoms with van der Waals surface area (Å²) in [5, 5.41) is 3.10. The van der Waals surface area contributed by atoms with Gasteiger partial charge in [-0.1, -0.05) is 25.1 Å². The summed E-state index contributed by atoms with van der Waals surface area (Å²) >= 11 is 0. The zero-order valence-corrected chi connectivity index (χ0v) is 12.5. The van der Waals surface area contributed by atoms with E-state index in [0.29, 0.717) is 5.88 Å². The Kier molecular flexibility index (Phi) is 4.56. The van der Waals surface area contributed by atoms with Crippen molar-refractivity contribution < 1.29 is 4.74 Å². The van der Waals surface area contributed by atoms with Crippen molar-refractivity contribution in [2.75, 3.05) is 12.4 Å². The van der Waals surface area contributed by atoms with Crippen molar-refractivity contribution in [3.8, 4) is 11.6 Å². The number of benzene rings is 1. The number of anilines is 1. The van der Waals surface area contributed by atoms with Crippen molar-refractivity contribution in [1.82, 2.24) is 9.97 Å². The lowest BCUT2D eigenvalue weighted by atomic mass is 10.2. The molecule has 0 radical (unpaired) electrons. The first-order valence-electron chi connectivity index (χ1n) is 6.94. The predicted molar refractivity (Wildman–Crippen MR) is 81.6 cm³/mol. The van der Waals surface area contributed by atoms with Gasteiger partial charge < -0.3 is 10.1 Å². The summed E-state index contributed by atoms with van der Waals surface area (Å²) < 4.78 is 5.98. The van der Waals surface area contributed by atoms with Crippen LogP contribution in [0, 0.1) is 13.8 Å². The van der Waals surface area contributed by atoms with Crippen LogP contribution < -0.4 is 10.1 Å². The minimum atomic E-state index is 0.627. The fourth-order valence-electron chi connectivity index (χ4n) is 1.99. The number of rotatable bonds is 5. The highest BCUT2D eigenvalue weighted by Gasteiger charge is 2.12. The van der Waals surface area contributed by atoms with E-state index in [0.717, 1.165) is 41.4 Å². The normalized spacial score (nSPS) is 10.4. The molecule has 106 valence electrons. The first-order valence-corrected chi connectivity index (χ1v) is 6.94. The Labute approximate surface area is 120 Å². The third-order valence-electron chi connectivity index (χ3n) is 3.16. The topological polar surface area (TPSA) is 47.0 Å². The fraction of sp³-hybridized carbons (Fsp3) is 0.375. The van der Waals surface area contributed by atoms with Crippen LogP contribution in [-0.4, -0.2) is 17.0 Å². The van der Waals surface area contributed by atoms with Crippen LogP contribution in [0.15, 0.2) is 24.3 Å².